The topological polar surface area (TPSA) is 40.5 Å². The molecular weight excluding hydrogens is 296 g/mol. The Morgan fingerprint density at radius 1 is 0.708 bits per heavy atom. The summed E-state index contributed by atoms with van der Waals surface area (Å²) in [7, 11) is 0. The van der Waals surface area contributed by atoms with E-state index in [2.05, 4.69) is 32.0 Å². The number of phenolic OH excluding ortho intramolecular Hbond substituents is 2. The SMILES string of the molecule is Cc1ccc(C2c3ccc(O)cc3Cc3cc(O)ccc32)c(C)c1. The zero-order chi connectivity index (χ0) is 16.8. The van der Waals surface area contributed by atoms with Crippen LogP contribution in [0.25, 0.3) is 0 Å². The van der Waals surface area contributed by atoms with Gasteiger partial charge in [0, 0.05) is 5.92 Å². The minimum absolute atomic E-state index is 0.130. The van der Waals surface area contributed by atoms with Crippen molar-refractivity contribution in [2.24, 2.45) is 0 Å². The molecule has 0 saturated carbocycles. The van der Waals surface area contributed by atoms with Gasteiger partial charge in [-0.1, -0.05) is 35.9 Å². The minimum Gasteiger partial charge on any atom is -0.508 e. The van der Waals surface area contributed by atoms with Crippen LogP contribution in [0, 0.1) is 13.8 Å². The van der Waals surface area contributed by atoms with E-state index in [4.69, 9.17) is 0 Å². The Balaban J connectivity index is 1.99. The third kappa shape index (κ3) is 2.35. The van der Waals surface area contributed by atoms with Gasteiger partial charge in [0.2, 0.25) is 0 Å². The predicted octanol–water partition coefficient (Wildman–Crippen LogP) is 4.80. The van der Waals surface area contributed by atoms with Crippen LogP contribution in [0.5, 0.6) is 11.5 Å². The van der Waals surface area contributed by atoms with Crippen molar-refractivity contribution in [1.82, 2.24) is 0 Å². The van der Waals surface area contributed by atoms with Crippen LogP contribution in [0.4, 0.5) is 0 Å². The second-order valence-electron chi connectivity index (χ2n) is 6.74. The molecule has 1 aliphatic rings. The first kappa shape index (κ1) is 14.8. The number of aryl methyl sites for hydroxylation is 2. The van der Waals surface area contributed by atoms with E-state index in [-0.39, 0.29) is 17.4 Å². The van der Waals surface area contributed by atoms with Crippen molar-refractivity contribution in [3.8, 4) is 11.5 Å². The Kier molecular flexibility index (Phi) is 3.34. The first-order chi connectivity index (χ1) is 11.5. The van der Waals surface area contributed by atoms with Crippen LogP contribution >= 0.6 is 0 Å². The van der Waals surface area contributed by atoms with Crippen LogP contribution < -0.4 is 0 Å². The Hall–Kier alpha value is -2.74. The molecule has 24 heavy (non-hydrogen) atoms. The van der Waals surface area contributed by atoms with Gasteiger partial charge < -0.3 is 10.2 Å². The molecule has 0 atom stereocenters. The molecule has 4 rings (SSSR count). The van der Waals surface area contributed by atoms with Crippen molar-refractivity contribution in [2.75, 3.05) is 0 Å². The highest BCUT2D eigenvalue weighted by Crippen LogP contribution is 2.43. The van der Waals surface area contributed by atoms with Gasteiger partial charge >= 0.3 is 0 Å². The Morgan fingerprint density at radius 3 is 1.79 bits per heavy atom. The normalized spacial score (nSPS) is 13.4. The lowest BCUT2D eigenvalue weighted by Gasteiger charge is -2.30. The number of hydrogen-bond donors (Lipinski definition) is 2. The van der Waals surface area contributed by atoms with Gasteiger partial charge in [-0.25, -0.2) is 0 Å². The van der Waals surface area contributed by atoms with Gasteiger partial charge in [-0.3, -0.25) is 0 Å². The van der Waals surface area contributed by atoms with Crippen molar-refractivity contribution >= 4 is 0 Å². The van der Waals surface area contributed by atoms with Gasteiger partial charge in [0.1, 0.15) is 11.5 Å². The highest BCUT2D eigenvalue weighted by Gasteiger charge is 2.28. The van der Waals surface area contributed by atoms with Gasteiger partial charge in [-0.2, -0.15) is 0 Å². The highest BCUT2D eigenvalue weighted by atomic mass is 16.3. The summed E-state index contributed by atoms with van der Waals surface area (Å²) in [5, 5.41) is 19.8. The maximum absolute atomic E-state index is 9.89. The number of benzene rings is 3. The summed E-state index contributed by atoms with van der Waals surface area (Å²) in [6.45, 7) is 4.26. The third-order valence-electron chi connectivity index (χ3n) is 4.99. The van der Waals surface area contributed by atoms with Crippen LogP contribution in [0.15, 0.2) is 54.6 Å². The van der Waals surface area contributed by atoms with Crippen molar-refractivity contribution < 1.29 is 10.2 Å². The fourth-order valence-electron chi connectivity index (χ4n) is 3.91. The first-order valence-electron chi connectivity index (χ1n) is 8.23. The standard InChI is InChI=1S/C22H20O2/c1-13-3-6-19(14(2)9-13)22-20-7-4-17(23)11-15(20)10-16-12-18(24)5-8-21(16)22/h3-9,11-12,22-24H,10H2,1-2H3. The average molecular weight is 316 g/mol. The maximum Gasteiger partial charge on any atom is 0.115 e. The Bertz CT molecular complexity index is 874. The first-order valence-corrected chi connectivity index (χ1v) is 8.23. The molecule has 0 amide bonds. The second-order valence-corrected chi connectivity index (χ2v) is 6.74. The second kappa shape index (κ2) is 5.41. The Labute approximate surface area is 142 Å². The third-order valence-corrected chi connectivity index (χ3v) is 4.99. The summed E-state index contributed by atoms with van der Waals surface area (Å²) in [5.41, 5.74) is 8.51. The maximum atomic E-state index is 9.89. The molecule has 0 saturated heterocycles. The molecule has 120 valence electrons. The summed E-state index contributed by atoms with van der Waals surface area (Å²) in [4.78, 5) is 0. The van der Waals surface area contributed by atoms with Gasteiger partial charge in [0.25, 0.3) is 0 Å². The summed E-state index contributed by atoms with van der Waals surface area (Å²) >= 11 is 0. The molecule has 0 aliphatic heterocycles. The van der Waals surface area contributed by atoms with Crippen LogP contribution in [0.2, 0.25) is 0 Å². The van der Waals surface area contributed by atoms with E-state index < -0.39 is 0 Å². The smallest absolute Gasteiger partial charge is 0.115 e. The lowest BCUT2D eigenvalue weighted by molar-refractivity contribution is 0.473. The molecule has 2 heteroatoms. The van der Waals surface area contributed by atoms with Crippen LogP contribution in [0.1, 0.15) is 44.9 Å². The van der Waals surface area contributed by atoms with E-state index in [1.165, 1.54) is 27.8 Å². The van der Waals surface area contributed by atoms with E-state index in [1.807, 2.05) is 24.3 Å². The molecule has 0 bridgehead atoms. The van der Waals surface area contributed by atoms with E-state index in [9.17, 15) is 10.2 Å². The molecule has 0 heterocycles. The lowest BCUT2D eigenvalue weighted by Crippen LogP contribution is -2.15. The molecular formula is C22H20O2. The fourth-order valence-corrected chi connectivity index (χ4v) is 3.91. The quantitative estimate of drug-likeness (QED) is 0.529. The average Bonchev–Trinajstić information content (AvgIpc) is 2.53. The lowest BCUT2D eigenvalue weighted by atomic mass is 9.73. The van der Waals surface area contributed by atoms with Gasteiger partial charge in [0.15, 0.2) is 0 Å². The summed E-state index contributed by atoms with van der Waals surface area (Å²) in [6.07, 6.45) is 0.731. The Morgan fingerprint density at radius 2 is 1.25 bits per heavy atom. The van der Waals surface area contributed by atoms with E-state index in [0.717, 1.165) is 17.5 Å². The predicted molar refractivity (Wildman–Crippen MR) is 95.9 cm³/mol. The summed E-state index contributed by atoms with van der Waals surface area (Å²) < 4.78 is 0. The van der Waals surface area contributed by atoms with Crippen LogP contribution in [-0.2, 0) is 6.42 Å². The number of hydrogen-bond acceptors (Lipinski definition) is 2. The van der Waals surface area contributed by atoms with Gasteiger partial charge in [-0.15, -0.1) is 0 Å². The van der Waals surface area contributed by atoms with Crippen LogP contribution in [-0.4, -0.2) is 10.2 Å². The monoisotopic (exact) mass is 316 g/mol. The van der Waals surface area contributed by atoms with Crippen molar-refractivity contribution in [1.29, 1.82) is 0 Å². The fraction of sp³-hybridized carbons (Fsp3) is 0.182. The molecule has 3 aromatic carbocycles. The highest BCUT2D eigenvalue weighted by molar-refractivity contribution is 5.58. The molecule has 0 fully saturated rings. The number of phenols is 2. The van der Waals surface area contributed by atoms with Gasteiger partial charge in [-0.05, 0) is 77.9 Å². The van der Waals surface area contributed by atoms with Crippen molar-refractivity contribution in [2.45, 2.75) is 26.2 Å². The van der Waals surface area contributed by atoms with Crippen molar-refractivity contribution in [3.05, 3.63) is 93.5 Å². The zero-order valence-electron chi connectivity index (χ0n) is 13.9. The molecule has 0 unspecified atom stereocenters. The molecule has 0 radical (unpaired) electrons. The van der Waals surface area contributed by atoms with Gasteiger partial charge in [0.05, 0.1) is 0 Å². The molecule has 0 aromatic heterocycles. The largest absolute Gasteiger partial charge is 0.508 e. The van der Waals surface area contributed by atoms with E-state index in [0.29, 0.717) is 0 Å². The van der Waals surface area contributed by atoms with Crippen LogP contribution in [0.3, 0.4) is 0 Å². The number of aromatic hydroxyl groups is 2. The van der Waals surface area contributed by atoms with E-state index in [1.54, 1.807) is 12.1 Å². The zero-order valence-corrected chi connectivity index (χ0v) is 13.9. The molecule has 2 N–H and O–H groups in total. The molecule has 0 spiro atoms. The minimum atomic E-state index is 0.130. The van der Waals surface area contributed by atoms with E-state index >= 15 is 0 Å². The molecule has 1 aliphatic carbocycles. The summed E-state index contributed by atoms with van der Waals surface area (Å²) in [5.74, 6) is 0.707. The molecule has 3 aromatic rings. The molecule has 2 nitrogen and oxygen atoms in total. The van der Waals surface area contributed by atoms with Crippen molar-refractivity contribution in [3.63, 3.8) is 0 Å². The number of fused-ring (bicyclic) bond motifs is 2. The number of rotatable bonds is 1. The summed E-state index contributed by atoms with van der Waals surface area (Å²) in [6, 6.07) is 17.9.